The molecule has 1 saturated heterocycles. The standard InChI is InChI=1S/C13H18N4O2/c1-17-7-9(4-5-12(17)19)14-10-6-11(18)16-13(15-10)8-2-3-8/h6,8-9H,2-5,7H2,1H3,(H2,14,15,16,18). The molecule has 2 heterocycles. The molecule has 1 unspecified atom stereocenters. The molecular formula is C13H18N4O2. The van der Waals surface area contributed by atoms with Crippen molar-refractivity contribution < 1.29 is 4.79 Å². The molecule has 0 aromatic carbocycles. The number of aromatic amines is 1. The Morgan fingerprint density at radius 1 is 1.37 bits per heavy atom. The van der Waals surface area contributed by atoms with E-state index >= 15 is 0 Å². The lowest BCUT2D eigenvalue weighted by molar-refractivity contribution is -0.132. The van der Waals surface area contributed by atoms with Gasteiger partial charge in [-0.3, -0.25) is 9.59 Å². The number of carbonyl (C=O) groups is 1. The first kappa shape index (κ1) is 12.2. The Labute approximate surface area is 111 Å². The fourth-order valence-corrected chi connectivity index (χ4v) is 2.44. The summed E-state index contributed by atoms with van der Waals surface area (Å²) < 4.78 is 0. The van der Waals surface area contributed by atoms with E-state index in [-0.39, 0.29) is 17.5 Å². The zero-order valence-corrected chi connectivity index (χ0v) is 11.0. The van der Waals surface area contributed by atoms with Crippen LogP contribution in [0, 0.1) is 0 Å². The van der Waals surface area contributed by atoms with Gasteiger partial charge in [0.2, 0.25) is 5.91 Å². The van der Waals surface area contributed by atoms with Crippen molar-refractivity contribution in [2.45, 2.75) is 37.6 Å². The van der Waals surface area contributed by atoms with Gasteiger partial charge in [0.05, 0.1) is 0 Å². The van der Waals surface area contributed by atoms with Crippen LogP contribution in [-0.4, -0.2) is 40.4 Å². The van der Waals surface area contributed by atoms with Gasteiger partial charge in [-0.1, -0.05) is 0 Å². The summed E-state index contributed by atoms with van der Waals surface area (Å²) in [6.45, 7) is 0.659. The number of hydrogen-bond donors (Lipinski definition) is 2. The van der Waals surface area contributed by atoms with Gasteiger partial charge in [-0.15, -0.1) is 0 Å². The third-order valence-corrected chi connectivity index (χ3v) is 3.70. The summed E-state index contributed by atoms with van der Waals surface area (Å²) in [5, 5.41) is 3.27. The van der Waals surface area contributed by atoms with E-state index < -0.39 is 0 Å². The number of nitrogens with one attached hydrogen (secondary N) is 2. The normalized spacial score (nSPS) is 23.5. The minimum Gasteiger partial charge on any atom is -0.365 e. The summed E-state index contributed by atoms with van der Waals surface area (Å²) in [4.78, 5) is 32.0. The molecule has 1 amide bonds. The lowest BCUT2D eigenvalue weighted by atomic mass is 10.1. The quantitative estimate of drug-likeness (QED) is 0.839. The molecule has 1 aromatic rings. The number of piperidine rings is 1. The molecule has 1 atom stereocenters. The summed E-state index contributed by atoms with van der Waals surface area (Å²) >= 11 is 0. The van der Waals surface area contributed by atoms with Crippen molar-refractivity contribution >= 4 is 11.7 Å². The molecule has 3 rings (SSSR count). The molecule has 102 valence electrons. The van der Waals surface area contributed by atoms with E-state index in [1.54, 1.807) is 11.9 Å². The Kier molecular flexibility index (Phi) is 3.00. The molecule has 6 nitrogen and oxygen atoms in total. The van der Waals surface area contributed by atoms with E-state index in [2.05, 4.69) is 15.3 Å². The Morgan fingerprint density at radius 2 is 2.16 bits per heavy atom. The van der Waals surface area contributed by atoms with Gasteiger partial charge >= 0.3 is 0 Å². The van der Waals surface area contributed by atoms with Crippen LogP contribution in [0.2, 0.25) is 0 Å². The smallest absolute Gasteiger partial charge is 0.252 e. The highest BCUT2D eigenvalue weighted by Gasteiger charge is 2.27. The first-order valence-electron chi connectivity index (χ1n) is 6.73. The molecule has 0 bridgehead atoms. The van der Waals surface area contributed by atoms with Crippen molar-refractivity contribution in [3.63, 3.8) is 0 Å². The molecule has 2 aliphatic rings. The van der Waals surface area contributed by atoms with Crippen molar-refractivity contribution in [1.29, 1.82) is 0 Å². The number of aromatic nitrogens is 2. The predicted molar refractivity (Wildman–Crippen MR) is 71.1 cm³/mol. The van der Waals surface area contributed by atoms with Crippen molar-refractivity contribution in [1.82, 2.24) is 14.9 Å². The number of carbonyl (C=O) groups excluding carboxylic acids is 1. The van der Waals surface area contributed by atoms with E-state index in [0.29, 0.717) is 24.7 Å². The van der Waals surface area contributed by atoms with Crippen LogP contribution in [0.5, 0.6) is 0 Å². The van der Waals surface area contributed by atoms with Crippen LogP contribution in [0.15, 0.2) is 10.9 Å². The predicted octanol–water partition coefficient (Wildman–Crippen LogP) is 0.680. The first-order valence-corrected chi connectivity index (χ1v) is 6.73. The van der Waals surface area contributed by atoms with Crippen LogP contribution < -0.4 is 10.9 Å². The third-order valence-electron chi connectivity index (χ3n) is 3.70. The zero-order valence-electron chi connectivity index (χ0n) is 11.0. The number of anilines is 1. The highest BCUT2D eigenvalue weighted by molar-refractivity contribution is 5.77. The average molecular weight is 262 g/mol. The second kappa shape index (κ2) is 4.68. The van der Waals surface area contributed by atoms with E-state index in [4.69, 9.17) is 0 Å². The van der Waals surface area contributed by atoms with Crippen LogP contribution in [0.3, 0.4) is 0 Å². The molecule has 6 heteroatoms. The summed E-state index contributed by atoms with van der Waals surface area (Å²) in [5.41, 5.74) is -0.111. The van der Waals surface area contributed by atoms with Crippen molar-refractivity contribution in [2.24, 2.45) is 0 Å². The Hall–Kier alpha value is -1.85. The maximum atomic E-state index is 11.6. The van der Waals surface area contributed by atoms with Gasteiger partial charge in [0.1, 0.15) is 11.6 Å². The Balaban J connectivity index is 1.72. The van der Waals surface area contributed by atoms with Crippen molar-refractivity contribution in [3.8, 4) is 0 Å². The van der Waals surface area contributed by atoms with E-state index in [9.17, 15) is 9.59 Å². The third kappa shape index (κ3) is 2.77. The van der Waals surface area contributed by atoms with E-state index in [1.807, 2.05) is 0 Å². The first-order chi connectivity index (χ1) is 9.11. The summed E-state index contributed by atoms with van der Waals surface area (Å²) in [6, 6.07) is 1.66. The van der Waals surface area contributed by atoms with Gasteiger partial charge in [-0.25, -0.2) is 4.98 Å². The van der Waals surface area contributed by atoms with Gasteiger partial charge < -0.3 is 15.2 Å². The number of likely N-dealkylation sites (tertiary alicyclic amines) is 1. The van der Waals surface area contributed by atoms with Gasteiger partial charge in [0.25, 0.3) is 5.56 Å². The van der Waals surface area contributed by atoms with Gasteiger partial charge in [0, 0.05) is 38.0 Å². The lowest BCUT2D eigenvalue weighted by Gasteiger charge is -2.30. The second-order valence-corrected chi connectivity index (χ2v) is 5.44. The van der Waals surface area contributed by atoms with Gasteiger partial charge in [0.15, 0.2) is 0 Å². The van der Waals surface area contributed by atoms with Gasteiger partial charge in [-0.05, 0) is 19.3 Å². The lowest BCUT2D eigenvalue weighted by Crippen LogP contribution is -2.43. The van der Waals surface area contributed by atoms with Crippen LogP contribution >= 0.6 is 0 Å². The summed E-state index contributed by atoms with van der Waals surface area (Å²) in [7, 11) is 1.80. The maximum Gasteiger partial charge on any atom is 0.252 e. The molecular weight excluding hydrogens is 244 g/mol. The Morgan fingerprint density at radius 3 is 2.84 bits per heavy atom. The molecule has 1 aliphatic heterocycles. The molecule has 2 fully saturated rings. The molecule has 0 radical (unpaired) electrons. The largest absolute Gasteiger partial charge is 0.365 e. The Bertz CT molecular complexity index is 550. The average Bonchev–Trinajstić information content (AvgIpc) is 3.17. The highest BCUT2D eigenvalue weighted by atomic mass is 16.2. The topological polar surface area (TPSA) is 78.1 Å². The molecule has 1 saturated carbocycles. The number of amides is 1. The fourth-order valence-electron chi connectivity index (χ4n) is 2.44. The van der Waals surface area contributed by atoms with E-state index in [0.717, 1.165) is 25.1 Å². The minimum absolute atomic E-state index is 0.111. The number of rotatable bonds is 3. The maximum absolute atomic E-state index is 11.6. The van der Waals surface area contributed by atoms with Crippen molar-refractivity contribution in [3.05, 3.63) is 22.2 Å². The van der Waals surface area contributed by atoms with Crippen LogP contribution in [0.25, 0.3) is 0 Å². The minimum atomic E-state index is -0.111. The SMILES string of the molecule is CN1CC(Nc2cc(=O)[nH]c(C3CC3)n2)CCC1=O. The number of likely N-dealkylation sites (N-methyl/N-ethyl adjacent to an activating group) is 1. The van der Waals surface area contributed by atoms with Crippen LogP contribution in [0.1, 0.15) is 37.4 Å². The molecule has 19 heavy (non-hydrogen) atoms. The molecule has 2 N–H and O–H groups in total. The summed E-state index contributed by atoms with van der Waals surface area (Å²) in [5.74, 6) is 2.01. The number of H-pyrrole nitrogens is 1. The number of nitrogens with zero attached hydrogens (tertiary/aromatic N) is 2. The monoisotopic (exact) mass is 262 g/mol. The summed E-state index contributed by atoms with van der Waals surface area (Å²) in [6.07, 6.45) is 3.55. The van der Waals surface area contributed by atoms with E-state index in [1.165, 1.54) is 6.07 Å². The highest BCUT2D eigenvalue weighted by Crippen LogP contribution is 2.37. The molecule has 1 aromatic heterocycles. The van der Waals surface area contributed by atoms with Gasteiger partial charge in [-0.2, -0.15) is 0 Å². The molecule has 1 aliphatic carbocycles. The fraction of sp³-hybridized carbons (Fsp3) is 0.615. The van der Waals surface area contributed by atoms with Crippen LogP contribution in [-0.2, 0) is 4.79 Å². The zero-order chi connectivity index (χ0) is 13.4. The molecule has 0 spiro atoms. The van der Waals surface area contributed by atoms with Crippen molar-refractivity contribution in [2.75, 3.05) is 18.9 Å². The second-order valence-electron chi connectivity index (χ2n) is 5.44. The van der Waals surface area contributed by atoms with Crippen LogP contribution in [0.4, 0.5) is 5.82 Å². The number of hydrogen-bond acceptors (Lipinski definition) is 4.